The van der Waals surface area contributed by atoms with Gasteiger partial charge >= 0.3 is 0 Å². The molecule has 0 N–H and O–H groups in total. The van der Waals surface area contributed by atoms with Crippen LogP contribution in [0.1, 0.15) is 36.4 Å². The van der Waals surface area contributed by atoms with Crippen molar-refractivity contribution in [2.75, 3.05) is 13.1 Å². The molecule has 29 heavy (non-hydrogen) atoms. The lowest BCUT2D eigenvalue weighted by Crippen LogP contribution is -2.29. The predicted molar refractivity (Wildman–Crippen MR) is 107 cm³/mol. The molecule has 1 amide bonds. The normalized spacial score (nSPS) is 16.5. The Kier molecular flexibility index (Phi) is 5.69. The maximum atomic E-state index is 12.5. The summed E-state index contributed by atoms with van der Waals surface area (Å²) in [7, 11) is 0. The summed E-state index contributed by atoms with van der Waals surface area (Å²) in [5.74, 6) is 1.42. The van der Waals surface area contributed by atoms with Gasteiger partial charge in [0.15, 0.2) is 0 Å². The lowest BCUT2D eigenvalue weighted by Gasteiger charge is -2.16. The molecule has 0 aromatic carbocycles. The van der Waals surface area contributed by atoms with Crippen LogP contribution < -0.4 is 0 Å². The SMILES string of the molecule is Cc1noc(C)c1-c1cnc(C[C@@H]2CCN(C(=O)CCCn3cccn3)C2)cn1. The molecule has 1 aliphatic heterocycles. The van der Waals surface area contributed by atoms with Crippen molar-refractivity contribution in [3.8, 4) is 11.3 Å². The van der Waals surface area contributed by atoms with Gasteiger partial charge in [-0.2, -0.15) is 5.10 Å². The van der Waals surface area contributed by atoms with Crippen LogP contribution in [0, 0.1) is 19.8 Å². The van der Waals surface area contributed by atoms with E-state index in [2.05, 4.69) is 20.2 Å². The van der Waals surface area contributed by atoms with Crippen LogP contribution in [0.5, 0.6) is 0 Å². The number of amides is 1. The molecular weight excluding hydrogens is 368 g/mol. The molecule has 8 heteroatoms. The number of aromatic nitrogens is 5. The Morgan fingerprint density at radius 1 is 1.28 bits per heavy atom. The van der Waals surface area contributed by atoms with Crippen LogP contribution in [-0.2, 0) is 17.8 Å². The Labute approximate surface area is 169 Å². The summed E-state index contributed by atoms with van der Waals surface area (Å²) in [6.45, 7) is 6.19. The summed E-state index contributed by atoms with van der Waals surface area (Å²) in [5.41, 5.74) is 3.47. The molecule has 0 radical (unpaired) electrons. The van der Waals surface area contributed by atoms with Gasteiger partial charge in [-0.3, -0.25) is 19.4 Å². The lowest BCUT2D eigenvalue weighted by molar-refractivity contribution is -0.130. The van der Waals surface area contributed by atoms with E-state index in [9.17, 15) is 4.79 Å². The molecule has 0 aliphatic carbocycles. The first kappa shape index (κ1) is 19.3. The molecule has 152 valence electrons. The minimum atomic E-state index is 0.236. The minimum absolute atomic E-state index is 0.236. The second-order valence-electron chi connectivity index (χ2n) is 7.66. The van der Waals surface area contributed by atoms with Crippen molar-refractivity contribution < 1.29 is 9.32 Å². The zero-order chi connectivity index (χ0) is 20.2. The van der Waals surface area contributed by atoms with E-state index in [-0.39, 0.29) is 5.91 Å². The van der Waals surface area contributed by atoms with E-state index < -0.39 is 0 Å². The monoisotopic (exact) mass is 394 g/mol. The summed E-state index contributed by atoms with van der Waals surface area (Å²) >= 11 is 0. The maximum Gasteiger partial charge on any atom is 0.222 e. The van der Waals surface area contributed by atoms with Gasteiger partial charge < -0.3 is 9.42 Å². The average Bonchev–Trinajstić information content (AvgIpc) is 3.45. The van der Waals surface area contributed by atoms with Crippen LogP contribution in [-0.4, -0.2) is 48.8 Å². The number of rotatable bonds is 7. The summed E-state index contributed by atoms with van der Waals surface area (Å²) < 4.78 is 7.08. The quantitative estimate of drug-likeness (QED) is 0.612. The summed E-state index contributed by atoms with van der Waals surface area (Å²) in [4.78, 5) is 23.6. The van der Waals surface area contributed by atoms with Gasteiger partial charge in [0.25, 0.3) is 0 Å². The summed E-state index contributed by atoms with van der Waals surface area (Å²) in [6, 6.07) is 1.90. The summed E-state index contributed by atoms with van der Waals surface area (Å²) in [5, 5.41) is 8.15. The molecular formula is C21H26N6O2. The van der Waals surface area contributed by atoms with Crippen molar-refractivity contribution >= 4 is 5.91 Å². The number of hydrogen-bond acceptors (Lipinski definition) is 6. The van der Waals surface area contributed by atoms with E-state index in [4.69, 9.17) is 4.52 Å². The van der Waals surface area contributed by atoms with Crippen molar-refractivity contribution in [3.63, 3.8) is 0 Å². The third kappa shape index (κ3) is 4.52. The number of nitrogens with zero attached hydrogens (tertiary/aromatic N) is 6. The highest BCUT2D eigenvalue weighted by Gasteiger charge is 2.26. The average molecular weight is 394 g/mol. The lowest BCUT2D eigenvalue weighted by atomic mass is 10.0. The molecule has 0 spiro atoms. The molecule has 4 heterocycles. The van der Waals surface area contributed by atoms with Crippen LogP contribution in [0.15, 0.2) is 35.4 Å². The molecule has 1 fully saturated rings. The van der Waals surface area contributed by atoms with Crippen molar-refractivity contribution in [2.24, 2.45) is 5.92 Å². The molecule has 1 atom stereocenters. The number of hydrogen-bond donors (Lipinski definition) is 0. The van der Waals surface area contributed by atoms with E-state index in [0.29, 0.717) is 12.3 Å². The Balaban J connectivity index is 1.27. The Hall–Kier alpha value is -3.03. The molecule has 4 rings (SSSR count). The first-order chi connectivity index (χ1) is 14.1. The largest absolute Gasteiger partial charge is 0.361 e. The van der Waals surface area contributed by atoms with Gasteiger partial charge in [0.1, 0.15) is 5.76 Å². The van der Waals surface area contributed by atoms with Crippen LogP contribution >= 0.6 is 0 Å². The number of likely N-dealkylation sites (tertiary alicyclic amines) is 1. The second-order valence-corrected chi connectivity index (χ2v) is 7.66. The molecule has 0 bridgehead atoms. The van der Waals surface area contributed by atoms with E-state index in [1.807, 2.05) is 41.9 Å². The molecule has 3 aromatic heterocycles. The Morgan fingerprint density at radius 2 is 2.17 bits per heavy atom. The van der Waals surface area contributed by atoms with Crippen molar-refractivity contribution in [2.45, 2.75) is 46.1 Å². The highest BCUT2D eigenvalue weighted by molar-refractivity contribution is 5.76. The smallest absolute Gasteiger partial charge is 0.222 e. The van der Waals surface area contributed by atoms with E-state index >= 15 is 0 Å². The van der Waals surface area contributed by atoms with E-state index in [1.54, 1.807) is 12.4 Å². The maximum absolute atomic E-state index is 12.5. The summed E-state index contributed by atoms with van der Waals surface area (Å²) in [6.07, 6.45) is 10.5. The molecule has 1 aliphatic rings. The highest BCUT2D eigenvalue weighted by Crippen LogP contribution is 2.25. The molecule has 1 saturated heterocycles. The van der Waals surface area contributed by atoms with Crippen molar-refractivity contribution in [1.82, 2.24) is 29.8 Å². The third-order valence-corrected chi connectivity index (χ3v) is 5.47. The van der Waals surface area contributed by atoms with Gasteiger partial charge in [0, 0.05) is 44.6 Å². The molecule has 8 nitrogen and oxygen atoms in total. The van der Waals surface area contributed by atoms with Gasteiger partial charge in [0.2, 0.25) is 5.91 Å². The van der Waals surface area contributed by atoms with Crippen LogP contribution in [0.25, 0.3) is 11.3 Å². The fourth-order valence-corrected chi connectivity index (χ4v) is 3.94. The van der Waals surface area contributed by atoms with Crippen LogP contribution in [0.4, 0.5) is 0 Å². The first-order valence-electron chi connectivity index (χ1n) is 10.1. The van der Waals surface area contributed by atoms with E-state index in [0.717, 1.165) is 67.3 Å². The van der Waals surface area contributed by atoms with Gasteiger partial charge in [-0.25, -0.2) is 0 Å². The van der Waals surface area contributed by atoms with Gasteiger partial charge in [0.05, 0.1) is 28.8 Å². The zero-order valence-electron chi connectivity index (χ0n) is 16.9. The van der Waals surface area contributed by atoms with Crippen LogP contribution in [0.2, 0.25) is 0 Å². The van der Waals surface area contributed by atoms with Crippen molar-refractivity contribution in [1.29, 1.82) is 0 Å². The zero-order valence-corrected chi connectivity index (χ0v) is 16.9. The van der Waals surface area contributed by atoms with E-state index in [1.165, 1.54) is 0 Å². The minimum Gasteiger partial charge on any atom is -0.361 e. The van der Waals surface area contributed by atoms with Gasteiger partial charge in [-0.1, -0.05) is 5.16 Å². The fraction of sp³-hybridized carbons (Fsp3) is 0.476. The molecule has 3 aromatic rings. The molecule has 0 saturated carbocycles. The standard InChI is InChI=1S/C21H26N6O2/c1-15-21(16(2)29-25-15)19-13-22-18(12-23-19)11-17-6-10-26(14-17)20(28)5-3-8-27-9-4-7-24-27/h4,7,9,12-13,17H,3,5-6,8,10-11,14H2,1-2H3/t17-/m0/s1. The predicted octanol–water partition coefficient (Wildman–Crippen LogP) is 2.82. The number of aryl methyl sites for hydroxylation is 3. The Morgan fingerprint density at radius 3 is 2.86 bits per heavy atom. The number of carbonyl (C=O) groups excluding carboxylic acids is 1. The van der Waals surface area contributed by atoms with Crippen molar-refractivity contribution in [3.05, 3.63) is 48.0 Å². The number of carbonyl (C=O) groups is 1. The second kappa shape index (κ2) is 8.55. The van der Waals surface area contributed by atoms with Gasteiger partial charge in [-0.15, -0.1) is 0 Å². The molecule has 0 unspecified atom stereocenters. The highest BCUT2D eigenvalue weighted by atomic mass is 16.5. The van der Waals surface area contributed by atoms with Crippen LogP contribution in [0.3, 0.4) is 0 Å². The van der Waals surface area contributed by atoms with Gasteiger partial charge in [-0.05, 0) is 45.1 Å². The Bertz CT molecular complexity index is 929. The topological polar surface area (TPSA) is 89.9 Å². The fourth-order valence-electron chi connectivity index (χ4n) is 3.94. The first-order valence-corrected chi connectivity index (χ1v) is 10.1. The third-order valence-electron chi connectivity index (χ3n) is 5.47.